The molecular formula is C29H34N5O4P. The van der Waals surface area contributed by atoms with E-state index in [1.54, 1.807) is 24.8 Å². The summed E-state index contributed by atoms with van der Waals surface area (Å²) in [7, 11) is 0.976. The number of anilines is 3. The Balaban J connectivity index is 1.36. The third kappa shape index (κ3) is 4.89. The predicted molar refractivity (Wildman–Crippen MR) is 152 cm³/mol. The molecule has 10 heteroatoms. The first-order valence-electron chi connectivity index (χ1n) is 13.8. The van der Waals surface area contributed by atoms with Crippen LogP contribution in [-0.4, -0.2) is 44.9 Å². The number of methoxy groups -OCH3 is 1. The van der Waals surface area contributed by atoms with E-state index in [4.69, 9.17) is 9.84 Å². The van der Waals surface area contributed by atoms with E-state index in [0.717, 1.165) is 49.5 Å². The van der Waals surface area contributed by atoms with E-state index in [1.807, 2.05) is 31.3 Å². The first kappa shape index (κ1) is 25.8. The van der Waals surface area contributed by atoms with Crippen LogP contribution >= 0.6 is 7.14 Å². The van der Waals surface area contributed by atoms with E-state index in [9.17, 15) is 14.2 Å². The van der Waals surface area contributed by atoms with Crippen LogP contribution in [0.4, 0.5) is 17.2 Å². The molecule has 39 heavy (non-hydrogen) atoms. The van der Waals surface area contributed by atoms with Gasteiger partial charge in [0, 0.05) is 48.5 Å². The van der Waals surface area contributed by atoms with Crippen LogP contribution in [0.3, 0.4) is 0 Å². The molecule has 0 aliphatic heterocycles. The predicted octanol–water partition coefficient (Wildman–Crippen LogP) is 5.49. The van der Waals surface area contributed by atoms with E-state index in [-0.39, 0.29) is 17.6 Å². The van der Waals surface area contributed by atoms with Crippen LogP contribution in [0.2, 0.25) is 0 Å². The number of carbonyl (C=O) groups excluding carboxylic acids is 2. The van der Waals surface area contributed by atoms with Crippen molar-refractivity contribution < 1.29 is 18.9 Å². The topological polar surface area (TPSA) is 115 Å². The molecule has 9 nitrogen and oxygen atoms in total. The first-order valence-corrected chi connectivity index (χ1v) is 15.6. The zero-order chi connectivity index (χ0) is 27.3. The van der Waals surface area contributed by atoms with Gasteiger partial charge in [-0.1, -0.05) is 13.0 Å². The van der Waals surface area contributed by atoms with Gasteiger partial charge >= 0.3 is 0 Å². The maximum absolute atomic E-state index is 14.2. The molecule has 3 aliphatic rings. The number of Topliss-reactive ketones (excluding diaryl/α,β-unsaturated/α-hetero) is 1. The molecule has 2 aromatic heterocycles. The van der Waals surface area contributed by atoms with Crippen LogP contribution in [0.5, 0.6) is 5.75 Å². The summed E-state index contributed by atoms with van der Waals surface area (Å²) in [4.78, 5) is 29.4. The number of hydrogen-bond donors (Lipinski definition) is 2. The van der Waals surface area contributed by atoms with E-state index >= 15 is 0 Å². The highest BCUT2D eigenvalue weighted by atomic mass is 31.2. The fraction of sp³-hybridized carbons (Fsp3) is 0.448. The lowest BCUT2D eigenvalue weighted by Crippen LogP contribution is -2.20. The highest BCUT2D eigenvalue weighted by molar-refractivity contribution is 7.73. The fourth-order valence-corrected chi connectivity index (χ4v) is 9.32. The lowest BCUT2D eigenvalue weighted by Gasteiger charge is -2.17. The van der Waals surface area contributed by atoms with Crippen LogP contribution in [0.25, 0.3) is 11.3 Å². The Hall–Kier alpha value is -3.45. The summed E-state index contributed by atoms with van der Waals surface area (Å²) in [5, 5.41) is 11.0. The molecule has 3 aliphatic carbocycles. The number of para-hydroxylation sites is 1. The van der Waals surface area contributed by atoms with Gasteiger partial charge in [0.25, 0.3) is 0 Å². The average Bonchev–Trinajstić information content (AvgIpc) is 3.77. The third-order valence-electron chi connectivity index (χ3n) is 7.88. The number of pyridine rings is 1. The summed E-state index contributed by atoms with van der Waals surface area (Å²) < 4.78 is 21.8. The Morgan fingerprint density at radius 2 is 1.79 bits per heavy atom. The van der Waals surface area contributed by atoms with Crippen LogP contribution < -0.4 is 20.8 Å². The minimum atomic E-state index is -2.50. The second-order valence-corrected chi connectivity index (χ2v) is 14.2. The van der Waals surface area contributed by atoms with Gasteiger partial charge in [0.05, 0.1) is 35.2 Å². The summed E-state index contributed by atoms with van der Waals surface area (Å²) >= 11 is 0. The SMILES string of the molecule is CCC(=O)c1cnc(NC(=O)C2CC2)cc1Nc1cccc(-c2cc(P(=O)(C3CC3)C3CC3)n(C)n2)c1OC. The fourth-order valence-electron chi connectivity index (χ4n) is 5.32. The second-order valence-electron chi connectivity index (χ2n) is 10.8. The van der Waals surface area contributed by atoms with Crippen molar-refractivity contribution in [3.63, 3.8) is 0 Å². The Labute approximate surface area is 228 Å². The quantitative estimate of drug-likeness (QED) is 0.241. The molecule has 3 saturated carbocycles. The molecule has 3 aromatic rings. The summed E-state index contributed by atoms with van der Waals surface area (Å²) in [5.41, 5.74) is 4.51. The van der Waals surface area contributed by atoms with E-state index in [2.05, 4.69) is 15.6 Å². The number of amides is 1. The monoisotopic (exact) mass is 547 g/mol. The number of nitrogens with one attached hydrogen (secondary N) is 2. The summed E-state index contributed by atoms with van der Waals surface area (Å²) in [6.07, 6.45) is 7.73. The number of carbonyl (C=O) groups is 2. The van der Waals surface area contributed by atoms with Gasteiger partial charge in [-0.15, -0.1) is 0 Å². The molecule has 2 heterocycles. The Bertz CT molecular complexity index is 1490. The van der Waals surface area contributed by atoms with Crippen molar-refractivity contribution in [3.8, 4) is 17.0 Å². The minimum Gasteiger partial charge on any atom is -0.494 e. The van der Waals surface area contributed by atoms with Gasteiger partial charge in [-0.05, 0) is 56.7 Å². The van der Waals surface area contributed by atoms with Gasteiger partial charge in [-0.3, -0.25) is 14.3 Å². The maximum Gasteiger partial charge on any atom is 0.228 e. The molecule has 0 spiro atoms. The van der Waals surface area contributed by atoms with E-state index < -0.39 is 7.14 Å². The van der Waals surface area contributed by atoms with Crippen molar-refractivity contribution in [2.45, 2.75) is 63.2 Å². The van der Waals surface area contributed by atoms with Crippen LogP contribution in [0.15, 0.2) is 36.5 Å². The molecule has 1 aromatic carbocycles. The maximum atomic E-state index is 14.2. The number of aryl methyl sites for hydroxylation is 1. The van der Waals surface area contributed by atoms with Gasteiger partial charge in [0.2, 0.25) is 5.91 Å². The molecule has 2 N–H and O–H groups in total. The highest BCUT2D eigenvalue weighted by Gasteiger charge is 2.53. The van der Waals surface area contributed by atoms with Crippen molar-refractivity contribution in [3.05, 3.63) is 42.1 Å². The number of aromatic nitrogens is 3. The number of nitrogens with zero attached hydrogens (tertiary/aromatic N) is 3. The standard InChI is InChI=1S/C29H34N5O4P/c1-4-25(35)21-16-30-26(32-29(36)17-8-9-17)14-23(21)31-22-7-5-6-20(28(22)38-3)24-15-27(34(2)33-24)39(37,18-10-11-18)19-12-13-19/h5-7,14-19H,4,8-13H2,1-3H3,(H2,30,31,32,36). The second kappa shape index (κ2) is 9.94. The Morgan fingerprint density at radius 3 is 2.41 bits per heavy atom. The zero-order valence-electron chi connectivity index (χ0n) is 22.6. The lowest BCUT2D eigenvalue weighted by atomic mass is 10.1. The lowest BCUT2D eigenvalue weighted by molar-refractivity contribution is -0.117. The third-order valence-corrected chi connectivity index (χ3v) is 12.2. The van der Waals surface area contributed by atoms with E-state index in [1.165, 1.54) is 6.20 Å². The smallest absolute Gasteiger partial charge is 0.228 e. The molecule has 0 saturated heterocycles. The minimum absolute atomic E-state index is 0.0373. The molecule has 0 unspecified atom stereocenters. The zero-order valence-corrected chi connectivity index (χ0v) is 23.5. The van der Waals surface area contributed by atoms with Crippen LogP contribution in [0, 0.1) is 5.92 Å². The van der Waals surface area contributed by atoms with Crippen LogP contribution in [0.1, 0.15) is 62.2 Å². The number of ketones is 1. The van der Waals surface area contributed by atoms with Crippen molar-refractivity contribution in [2.75, 3.05) is 17.7 Å². The Kier molecular flexibility index (Phi) is 6.58. The summed E-state index contributed by atoms with van der Waals surface area (Å²) in [6, 6.07) is 9.36. The largest absolute Gasteiger partial charge is 0.494 e. The molecule has 0 atom stereocenters. The van der Waals surface area contributed by atoms with Gasteiger partial charge in [0.1, 0.15) is 13.0 Å². The first-order chi connectivity index (χ1) is 18.8. The number of hydrogen-bond acceptors (Lipinski definition) is 7. The molecule has 204 valence electrons. The van der Waals surface area contributed by atoms with E-state index in [0.29, 0.717) is 51.9 Å². The number of ether oxygens (including phenoxy) is 1. The summed E-state index contributed by atoms with van der Waals surface area (Å²) in [5.74, 6) is 0.872. The van der Waals surface area contributed by atoms with Crippen molar-refractivity contribution >= 4 is 41.5 Å². The van der Waals surface area contributed by atoms with Gasteiger partial charge in [-0.25, -0.2) is 4.98 Å². The highest BCUT2D eigenvalue weighted by Crippen LogP contribution is 2.69. The van der Waals surface area contributed by atoms with Gasteiger partial charge < -0.3 is 19.9 Å². The molecule has 1 amide bonds. The molecule has 0 radical (unpaired) electrons. The molecule has 3 fully saturated rings. The molecule has 6 rings (SSSR count). The Morgan fingerprint density at radius 1 is 1.08 bits per heavy atom. The average molecular weight is 548 g/mol. The summed E-state index contributed by atoms with van der Waals surface area (Å²) in [6.45, 7) is 1.80. The molecule has 0 bridgehead atoms. The van der Waals surface area contributed by atoms with Crippen molar-refractivity contribution in [1.82, 2.24) is 14.8 Å². The number of rotatable bonds is 11. The van der Waals surface area contributed by atoms with Gasteiger partial charge in [0.15, 0.2) is 11.5 Å². The van der Waals surface area contributed by atoms with Crippen LogP contribution in [-0.2, 0) is 16.4 Å². The van der Waals surface area contributed by atoms with Crippen molar-refractivity contribution in [1.29, 1.82) is 0 Å². The molecular weight excluding hydrogens is 513 g/mol. The van der Waals surface area contributed by atoms with Gasteiger partial charge in [-0.2, -0.15) is 5.10 Å². The number of benzene rings is 1. The van der Waals surface area contributed by atoms with Crippen molar-refractivity contribution in [2.24, 2.45) is 13.0 Å². The normalized spacial score (nSPS) is 17.1.